The SMILES string of the molecule is CCCC(c1nnnn1C(C)(C)C)N1CCN(c2cc(C)ccc2C)CC1. The zero-order valence-corrected chi connectivity index (χ0v) is 17.7. The highest BCUT2D eigenvalue weighted by molar-refractivity contribution is 5.55. The number of nitrogens with zero attached hydrogens (tertiary/aromatic N) is 6. The molecule has 0 bridgehead atoms. The summed E-state index contributed by atoms with van der Waals surface area (Å²) in [7, 11) is 0. The number of rotatable bonds is 5. The molecule has 0 amide bonds. The van der Waals surface area contributed by atoms with Crippen LogP contribution in [0.25, 0.3) is 0 Å². The average molecular weight is 371 g/mol. The molecule has 1 aromatic carbocycles. The second-order valence-electron chi connectivity index (χ2n) is 8.74. The first kappa shape index (κ1) is 19.8. The molecule has 0 saturated carbocycles. The summed E-state index contributed by atoms with van der Waals surface area (Å²) in [5.41, 5.74) is 3.95. The summed E-state index contributed by atoms with van der Waals surface area (Å²) in [5.74, 6) is 1.00. The van der Waals surface area contributed by atoms with Gasteiger partial charge < -0.3 is 4.90 Å². The van der Waals surface area contributed by atoms with Gasteiger partial charge in [-0.05, 0) is 68.7 Å². The summed E-state index contributed by atoms with van der Waals surface area (Å²) < 4.78 is 2.00. The van der Waals surface area contributed by atoms with Crippen molar-refractivity contribution in [1.82, 2.24) is 25.1 Å². The molecule has 6 heteroatoms. The Hall–Kier alpha value is -1.95. The van der Waals surface area contributed by atoms with E-state index in [9.17, 15) is 0 Å². The van der Waals surface area contributed by atoms with Crippen molar-refractivity contribution in [2.24, 2.45) is 0 Å². The summed E-state index contributed by atoms with van der Waals surface area (Å²) in [5, 5.41) is 12.7. The van der Waals surface area contributed by atoms with E-state index in [2.05, 4.69) is 85.1 Å². The minimum Gasteiger partial charge on any atom is -0.369 e. The van der Waals surface area contributed by atoms with Crippen molar-refractivity contribution in [3.63, 3.8) is 0 Å². The summed E-state index contributed by atoms with van der Waals surface area (Å²) in [6.45, 7) is 17.3. The molecule has 1 fully saturated rings. The Labute approximate surface area is 163 Å². The van der Waals surface area contributed by atoms with Crippen LogP contribution in [0.5, 0.6) is 0 Å². The third-order valence-corrected chi connectivity index (χ3v) is 5.45. The molecule has 1 atom stereocenters. The van der Waals surface area contributed by atoms with Crippen LogP contribution in [0.2, 0.25) is 0 Å². The summed E-state index contributed by atoms with van der Waals surface area (Å²) in [4.78, 5) is 5.09. The zero-order chi connectivity index (χ0) is 19.6. The van der Waals surface area contributed by atoms with Crippen molar-refractivity contribution in [3.8, 4) is 0 Å². The number of hydrogen-bond donors (Lipinski definition) is 0. The average Bonchev–Trinajstić information content (AvgIpc) is 3.12. The number of aryl methyl sites for hydroxylation is 2. The zero-order valence-electron chi connectivity index (χ0n) is 17.7. The summed E-state index contributed by atoms with van der Waals surface area (Å²) in [6.07, 6.45) is 2.21. The first-order valence-corrected chi connectivity index (χ1v) is 10.2. The van der Waals surface area contributed by atoms with E-state index in [0.29, 0.717) is 0 Å². The minimum absolute atomic E-state index is 0.106. The van der Waals surface area contributed by atoms with Crippen LogP contribution in [0.4, 0.5) is 5.69 Å². The number of tetrazole rings is 1. The predicted molar refractivity (Wildman–Crippen MR) is 110 cm³/mol. The Bertz CT molecular complexity index is 752. The van der Waals surface area contributed by atoms with E-state index in [4.69, 9.17) is 0 Å². The molecule has 2 heterocycles. The molecular formula is C21H34N6. The summed E-state index contributed by atoms with van der Waals surface area (Å²) >= 11 is 0. The maximum Gasteiger partial charge on any atom is 0.168 e. The lowest BCUT2D eigenvalue weighted by Crippen LogP contribution is -2.48. The standard InChI is InChI=1S/C21H34N6/c1-7-8-18(20-22-23-24-27(20)21(4,5)6)25-11-13-26(14-12-25)19-15-16(2)9-10-17(19)3/h9-10,15,18H,7-8,11-14H2,1-6H3. The van der Waals surface area contributed by atoms with Gasteiger partial charge in [0.05, 0.1) is 11.6 Å². The van der Waals surface area contributed by atoms with Gasteiger partial charge in [-0.3, -0.25) is 4.90 Å². The van der Waals surface area contributed by atoms with Crippen molar-refractivity contribution < 1.29 is 0 Å². The van der Waals surface area contributed by atoms with E-state index >= 15 is 0 Å². The topological polar surface area (TPSA) is 50.1 Å². The Morgan fingerprint density at radius 2 is 1.78 bits per heavy atom. The van der Waals surface area contributed by atoms with Crippen LogP contribution in [-0.4, -0.2) is 51.3 Å². The molecule has 27 heavy (non-hydrogen) atoms. The lowest BCUT2D eigenvalue weighted by Gasteiger charge is -2.40. The maximum atomic E-state index is 4.43. The van der Waals surface area contributed by atoms with E-state index in [0.717, 1.165) is 44.8 Å². The van der Waals surface area contributed by atoms with Crippen molar-refractivity contribution in [2.45, 2.75) is 66.0 Å². The molecule has 1 saturated heterocycles. The third kappa shape index (κ3) is 4.32. The van der Waals surface area contributed by atoms with Crippen LogP contribution in [0.15, 0.2) is 18.2 Å². The Morgan fingerprint density at radius 1 is 1.07 bits per heavy atom. The lowest BCUT2D eigenvalue weighted by molar-refractivity contribution is 0.156. The molecule has 0 radical (unpaired) electrons. The summed E-state index contributed by atoms with van der Waals surface area (Å²) in [6, 6.07) is 7.02. The molecule has 0 aliphatic carbocycles. The van der Waals surface area contributed by atoms with E-state index in [1.54, 1.807) is 0 Å². The fourth-order valence-corrected chi connectivity index (χ4v) is 3.96. The number of aromatic nitrogens is 4. The van der Waals surface area contributed by atoms with Crippen LogP contribution in [0.1, 0.15) is 63.5 Å². The van der Waals surface area contributed by atoms with Crippen LogP contribution in [-0.2, 0) is 5.54 Å². The van der Waals surface area contributed by atoms with Crippen LogP contribution >= 0.6 is 0 Å². The van der Waals surface area contributed by atoms with Crippen molar-refractivity contribution in [2.75, 3.05) is 31.1 Å². The first-order valence-electron chi connectivity index (χ1n) is 10.2. The monoisotopic (exact) mass is 370 g/mol. The highest BCUT2D eigenvalue weighted by atomic mass is 15.6. The van der Waals surface area contributed by atoms with Crippen LogP contribution in [0.3, 0.4) is 0 Å². The Balaban J connectivity index is 1.76. The largest absolute Gasteiger partial charge is 0.369 e. The number of anilines is 1. The van der Waals surface area contributed by atoms with Gasteiger partial charge in [-0.15, -0.1) is 5.10 Å². The molecular weight excluding hydrogens is 336 g/mol. The van der Waals surface area contributed by atoms with Crippen molar-refractivity contribution in [1.29, 1.82) is 0 Å². The van der Waals surface area contributed by atoms with Crippen molar-refractivity contribution >= 4 is 5.69 Å². The van der Waals surface area contributed by atoms with Gasteiger partial charge in [0.25, 0.3) is 0 Å². The molecule has 0 N–H and O–H groups in total. The minimum atomic E-state index is -0.106. The third-order valence-electron chi connectivity index (χ3n) is 5.45. The molecule has 1 aromatic heterocycles. The lowest BCUT2D eigenvalue weighted by atomic mass is 10.0. The van der Waals surface area contributed by atoms with Gasteiger partial charge in [0.15, 0.2) is 5.82 Å². The first-order chi connectivity index (χ1) is 12.8. The smallest absolute Gasteiger partial charge is 0.168 e. The van der Waals surface area contributed by atoms with Gasteiger partial charge in [0, 0.05) is 31.9 Å². The fourth-order valence-electron chi connectivity index (χ4n) is 3.96. The molecule has 6 nitrogen and oxygen atoms in total. The highest BCUT2D eigenvalue weighted by Gasteiger charge is 2.31. The van der Waals surface area contributed by atoms with Gasteiger partial charge in [0.1, 0.15) is 0 Å². The van der Waals surface area contributed by atoms with Crippen LogP contribution < -0.4 is 4.90 Å². The Kier molecular flexibility index (Phi) is 5.84. The number of benzene rings is 1. The normalized spacial score (nSPS) is 17.3. The molecule has 0 spiro atoms. The maximum absolute atomic E-state index is 4.43. The molecule has 148 valence electrons. The van der Waals surface area contributed by atoms with Gasteiger partial charge in [-0.25, -0.2) is 4.68 Å². The van der Waals surface area contributed by atoms with E-state index in [1.807, 2.05) is 4.68 Å². The predicted octanol–water partition coefficient (Wildman–Crippen LogP) is 3.71. The van der Waals surface area contributed by atoms with Gasteiger partial charge in [0.2, 0.25) is 0 Å². The molecule has 1 aliphatic heterocycles. The fraction of sp³-hybridized carbons (Fsp3) is 0.667. The number of piperazine rings is 1. The highest BCUT2D eigenvalue weighted by Crippen LogP contribution is 2.30. The molecule has 3 rings (SSSR count). The van der Waals surface area contributed by atoms with Gasteiger partial charge in [-0.1, -0.05) is 25.5 Å². The van der Waals surface area contributed by atoms with E-state index in [-0.39, 0.29) is 11.6 Å². The van der Waals surface area contributed by atoms with E-state index < -0.39 is 0 Å². The van der Waals surface area contributed by atoms with Gasteiger partial charge >= 0.3 is 0 Å². The molecule has 1 aliphatic rings. The second kappa shape index (κ2) is 7.97. The Morgan fingerprint density at radius 3 is 2.41 bits per heavy atom. The molecule has 2 aromatic rings. The quantitative estimate of drug-likeness (QED) is 0.803. The van der Waals surface area contributed by atoms with Gasteiger partial charge in [-0.2, -0.15) is 0 Å². The van der Waals surface area contributed by atoms with E-state index in [1.165, 1.54) is 16.8 Å². The second-order valence-corrected chi connectivity index (χ2v) is 8.74. The van der Waals surface area contributed by atoms with Crippen molar-refractivity contribution in [3.05, 3.63) is 35.2 Å². The van der Waals surface area contributed by atoms with Crippen LogP contribution in [0, 0.1) is 13.8 Å². The molecule has 1 unspecified atom stereocenters. The number of hydrogen-bond acceptors (Lipinski definition) is 5.